The van der Waals surface area contributed by atoms with Crippen LogP contribution >= 0.6 is 15.9 Å². The highest BCUT2D eigenvalue weighted by Gasteiger charge is 2.13. The molecule has 0 spiro atoms. The van der Waals surface area contributed by atoms with Gasteiger partial charge < -0.3 is 15.0 Å². The molecule has 0 aliphatic carbocycles. The molecule has 2 aromatic carbocycles. The summed E-state index contributed by atoms with van der Waals surface area (Å²) in [5.74, 6) is 1.64. The summed E-state index contributed by atoms with van der Waals surface area (Å²) in [6.45, 7) is 5.99. The van der Waals surface area contributed by atoms with Crippen molar-refractivity contribution in [2.24, 2.45) is 0 Å². The van der Waals surface area contributed by atoms with Crippen molar-refractivity contribution in [1.82, 2.24) is 4.98 Å². The van der Waals surface area contributed by atoms with Gasteiger partial charge in [-0.1, -0.05) is 17.7 Å². The van der Waals surface area contributed by atoms with Gasteiger partial charge in [0.2, 0.25) is 0 Å². The van der Waals surface area contributed by atoms with Crippen molar-refractivity contribution >= 4 is 27.4 Å². The van der Waals surface area contributed by atoms with Crippen molar-refractivity contribution in [2.45, 2.75) is 20.8 Å². The van der Waals surface area contributed by atoms with Crippen molar-refractivity contribution in [3.8, 4) is 17.6 Å². The highest BCUT2D eigenvalue weighted by atomic mass is 79.9. The second-order valence-corrected chi connectivity index (χ2v) is 7.13. The minimum atomic E-state index is -0.300. The van der Waals surface area contributed by atoms with E-state index in [0.717, 1.165) is 28.1 Å². The van der Waals surface area contributed by atoms with Crippen LogP contribution in [0.25, 0.3) is 0 Å². The number of rotatable bonds is 4. The Bertz CT molecular complexity index is 1070. The second kappa shape index (κ2) is 7.68. The second-order valence-electron chi connectivity index (χ2n) is 6.33. The van der Waals surface area contributed by atoms with Gasteiger partial charge >= 0.3 is 0 Å². The third-order valence-electron chi connectivity index (χ3n) is 4.05. The standard InChI is InChI=1S/C21H18BrN3O2/c1-12-8-13(2)20(14(3)9-12)27-17-10-18(25-21(26)19(17)22)24-16-6-4-15(11-23)5-7-16/h4-10H,1-3H3,(H2,24,25,26). The van der Waals surface area contributed by atoms with E-state index >= 15 is 0 Å². The topological polar surface area (TPSA) is 77.9 Å². The van der Waals surface area contributed by atoms with Crippen molar-refractivity contribution in [2.75, 3.05) is 5.32 Å². The van der Waals surface area contributed by atoms with Gasteiger partial charge in [0, 0.05) is 11.8 Å². The first-order valence-corrected chi connectivity index (χ1v) is 9.12. The van der Waals surface area contributed by atoms with Crippen LogP contribution in [0, 0.1) is 32.1 Å². The fourth-order valence-corrected chi connectivity index (χ4v) is 3.18. The van der Waals surface area contributed by atoms with E-state index in [0.29, 0.717) is 21.6 Å². The van der Waals surface area contributed by atoms with Crippen LogP contribution in [0.3, 0.4) is 0 Å². The summed E-state index contributed by atoms with van der Waals surface area (Å²) in [5.41, 5.74) is 4.18. The van der Waals surface area contributed by atoms with Crippen molar-refractivity contribution < 1.29 is 4.74 Å². The van der Waals surface area contributed by atoms with E-state index in [1.54, 1.807) is 30.3 Å². The molecular formula is C21H18BrN3O2. The molecule has 0 radical (unpaired) electrons. The first-order valence-electron chi connectivity index (χ1n) is 8.33. The number of aromatic nitrogens is 1. The van der Waals surface area contributed by atoms with Crippen LogP contribution in [0.1, 0.15) is 22.3 Å². The summed E-state index contributed by atoms with van der Waals surface area (Å²) in [6, 6.07) is 14.8. The summed E-state index contributed by atoms with van der Waals surface area (Å²) < 4.78 is 6.40. The van der Waals surface area contributed by atoms with Gasteiger partial charge in [0.15, 0.2) is 5.75 Å². The molecule has 0 fully saturated rings. The lowest BCUT2D eigenvalue weighted by molar-refractivity contribution is 0.470. The van der Waals surface area contributed by atoms with E-state index in [1.165, 1.54) is 0 Å². The van der Waals surface area contributed by atoms with Crippen LogP contribution in [0.2, 0.25) is 0 Å². The summed E-state index contributed by atoms with van der Waals surface area (Å²) in [7, 11) is 0. The molecule has 0 saturated carbocycles. The molecule has 0 bridgehead atoms. The molecule has 6 heteroatoms. The lowest BCUT2D eigenvalue weighted by atomic mass is 10.1. The van der Waals surface area contributed by atoms with Gasteiger partial charge in [0.1, 0.15) is 16.0 Å². The van der Waals surface area contributed by atoms with E-state index < -0.39 is 0 Å². The summed E-state index contributed by atoms with van der Waals surface area (Å²) >= 11 is 3.31. The zero-order valence-corrected chi connectivity index (χ0v) is 16.8. The van der Waals surface area contributed by atoms with Crippen molar-refractivity contribution in [3.05, 3.63) is 79.5 Å². The smallest absolute Gasteiger partial charge is 0.267 e. The molecular weight excluding hydrogens is 406 g/mol. The summed E-state index contributed by atoms with van der Waals surface area (Å²) in [5, 5.41) is 12.0. The minimum Gasteiger partial charge on any atom is -0.455 e. The molecule has 0 aliphatic heterocycles. The van der Waals surface area contributed by atoms with Gasteiger partial charge in [-0.2, -0.15) is 5.26 Å². The average Bonchev–Trinajstić information content (AvgIpc) is 2.62. The first kappa shape index (κ1) is 18.7. The number of halogens is 1. The Balaban J connectivity index is 1.95. The van der Waals surface area contributed by atoms with Crippen LogP contribution in [0.15, 0.2) is 51.7 Å². The predicted molar refractivity (Wildman–Crippen MR) is 110 cm³/mol. The lowest BCUT2D eigenvalue weighted by Gasteiger charge is -2.15. The number of pyridine rings is 1. The largest absolute Gasteiger partial charge is 0.455 e. The van der Waals surface area contributed by atoms with Crippen LogP contribution < -0.4 is 15.6 Å². The highest BCUT2D eigenvalue weighted by Crippen LogP contribution is 2.34. The van der Waals surface area contributed by atoms with Gasteiger partial charge in [-0.15, -0.1) is 0 Å². The monoisotopic (exact) mass is 423 g/mol. The molecule has 0 atom stereocenters. The molecule has 27 heavy (non-hydrogen) atoms. The van der Waals surface area contributed by atoms with E-state index in [4.69, 9.17) is 10.00 Å². The summed E-state index contributed by atoms with van der Waals surface area (Å²) in [6.07, 6.45) is 0. The van der Waals surface area contributed by atoms with Gasteiger partial charge in [-0.25, -0.2) is 0 Å². The van der Waals surface area contributed by atoms with Gasteiger partial charge in [-0.3, -0.25) is 4.79 Å². The Morgan fingerprint density at radius 3 is 2.30 bits per heavy atom. The number of nitrogens with zero attached hydrogens (tertiary/aromatic N) is 1. The van der Waals surface area contributed by atoms with Crippen LogP contribution in [0.5, 0.6) is 11.5 Å². The quantitative estimate of drug-likeness (QED) is 0.582. The van der Waals surface area contributed by atoms with Crippen molar-refractivity contribution in [3.63, 3.8) is 0 Å². The summed E-state index contributed by atoms with van der Waals surface area (Å²) in [4.78, 5) is 15.1. The number of anilines is 2. The zero-order valence-electron chi connectivity index (χ0n) is 15.2. The number of ether oxygens (including phenoxy) is 1. The Morgan fingerprint density at radius 2 is 1.70 bits per heavy atom. The van der Waals surface area contributed by atoms with Gasteiger partial charge in [0.25, 0.3) is 5.56 Å². The maximum absolute atomic E-state index is 12.3. The maximum atomic E-state index is 12.3. The number of hydrogen-bond donors (Lipinski definition) is 2. The average molecular weight is 424 g/mol. The van der Waals surface area contributed by atoms with Crippen LogP contribution in [-0.2, 0) is 0 Å². The third kappa shape index (κ3) is 4.21. The molecule has 0 amide bonds. The number of nitrogens with one attached hydrogen (secondary N) is 2. The molecule has 2 N–H and O–H groups in total. The molecule has 0 unspecified atom stereocenters. The fourth-order valence-electron chi connectivity index (χ4n) is 2.88. The predicted octanol–water partition coefficient (Wildman–Crippen LogP) is 5.47. The number of aryl methyl sites for hydroxylation is 3. The Labute approximate surface area is 165 Å². The molecule has 5 nitrogen and oxygen atoms in total. The van der Waals surface area contributed by atoms with Crippen LogP contribution in [-0.4, -0.2) is 4.98 Å². The van der Waals surface area contributed by atoms with Gasteiger partial charge in [-0.05, 0) is 72.1 Å². The molecule has 0 aliphatic rings. The Kier molecular flexibility index (Phi) is 5.33. The molecule has 1 aromatic heterocycles. The number of nitriles is 1. The number of hydrogen-bond acceptors (Lipinski definition) is 4. The minimum absolute atomic E-state index is 0.300. The van der Waals surface area contributed by atoms with Crippen molar-refractivity contribution in [1.29, 1.82) is 5.26 Å². The van der Waals surface area contributed by atoms with E-state index in [9.17, 15) is 4.79 Å². The van der Waals surface area contributed by atoms with Crippen LogP contribution in [0.4, 0.5) is 11.5 Å². The maximum Gasteiger partial charge on any atom is 0.267 e. The molecule has 3 rings (SSSR count). The highest BCUT2D eigenvalue weighted by molar-refractivity contribution is 9.10. The number of benzene rings is 2. The molecule has 136 valence electrons. The number of aromatic amines is 1. The van der Waals surface area contributed by atoms with E-state index in [-0.39, 0.29) is 5.56 Å². The Hall–Kier alpha value is -3.04. The molecule has 1 heterocycles. The fraction of sp³-hybridized carbons (Fsp3) is 0.143. The van der Waals surface area contributed by atoms with E-state index in [1.807, 2.05) is 32.9 Å². The lowest BCUT2D eigenvalue weighted by Crippen LogP contribution is -2.11. The zero-order chi connectivity index (χ0) is 19.6. The SMILES string of the molecule is Cc1cc(C)c(Oc2cc(Nc3ccc(C#N)cc3)[nH]c(=O)c2Br)c(C)c1. The number of H-pyrrole nitrogens is 1. The third-order valence-corrected chi connectivity index (χ3v) is 4.80. The molecule has 3 aromatic rings. The molecule has 0 saturated heterocycles. The Morgan fingerprint density at radius 1 is 1.07 bits per heavy atom. The normalized spacial score (nSPS) is 10.3. The van der Waals surface area contributed by atoms with E-state index in [2.05, 4.69) is 32.3 Å². The first-order chi connectivity index (χ1) is 12.9. The van der Waals surface area contributed by atoms with Gasteiger partial charge in [0.05, 0.1) is 11.6 Å².